The van der Waals surface area contributed by atoms with E-state index in [0.717, 1.165) is 15.7 Å². The number of rotatable bonds is 4. The first-order valence-corrected chi connectivity index (χ1v) is 8.40. The van der Waals surface area contributed by atoms with Gasteiger partial charge in [0, 0.05) is 18.8 Å². The van der Waals surface area contributed by atoms with Gasteiger partial charge in [-0.2, -0.15) is 13.2 Å². The molecule has 0 saturated carbocycles. The van der Waals surface area contributed by atoms with Crippen LogP contribution < -0.4 is 10.6 Å². The summed E-state index contributed by atoms with van der Waals surface area (Å²) in [6.07, 6.45) is -4.57. The zero-order chi connectivity index (χ0) is 19.6. The van der Waals surface area contributed by atoms with Crippen LogP contribution in [0.5, 0.6) is 0 Å². The number of halogens is 3. The first kappa shape index (κ1) is 18.8. The van der Waals surface area contributed by atoms with Crippen molar-refractivity contribution in [1.29, 1.82) is 0 Å². The normalized spacial score (nSPS) is 11.6. The third-order valence-corrected chi connectivity index (χ3v) is 4.29. The van der Waals surface area contributed by atoms with Crippen molar-refractivity contribution >= 4 is 22.8 Å². The number of carbonyl (C=O) groups excluding carboxylic acids is 1. The molecule has 8 heteroatoms. The van der Waals surface area contributed by atoms with Crippen molar-refractivity contribution in [1.82, 2.24) is 14.9 Å². The number of urea groups is 1. The average molecular weight is 376 g/mol. The van der Waals surface area contributed by atoms with Crippen LogP contribution in [0, 0.1) is 13.8 Å². The molecule has 0 bridgehead atoms. The zero-order valence-corrected chi connectivity index (χ0v) is 14.9. The quantitative estimate of drug-likeness (QED) is 0.705. The van der Waals surface area contributed by atoms with Crippen molar-refractivity contribution in [3.05, 3.63) is 59.4 Å². The predicted octanol–water partition coefficient (Wildman–Crippen LogP) is 4.49. The highest BCUT2D eigenvalue weighted by molar-refractivity contribution is 5.89. The van der Waals surface area contributed by atoms with Crippen LogP contribution in [0.2, 0.25) is 0 Å². The number of hydrogen-bond donors (Lipinski definition) is 2. The zero-order valence-electron chi connectivity index (χ0n) is 14.9. The van der Waals surface area contributed by atoms with E-state index in [-0.39, 0.29) is 18.6 Å². The summed E-state index contributed by atoms with van der Waals surface area (Å²) in [5.74, 6) is -0.972. The van der Waals surface area contributed by atoms with Crippen LogP contribution in [0.25, 0.3) is 11.0 Å². The van der Waals surface area contributed by atoms with Gasteiger partial charge in [-0.15, -0.1) is 0 Å². The Balaban J connectivity index is 1.68. The number of alkyl halides is 3. The molecular formula is C19H19F3N4O. The van der Waals surface area contributed by atoms with E-state index in [1.807, 2.05) is 26.0 Å². The minimum absolute atomic E-state index is 0.0279. The summed E-state index contributed by atoms with van der Waals surface area (Å²) in [6.45, 7) is 3.88. The molecule has 0 aliphatic rings. The van der Waals surface area contributed by atoms with Crippen molar-refractivity contribution < 1.29 is 18.0 Å². The molecule has 0 saturated heterocycles. The van der Waals surface area contributed by atoms with Crippen molar-refractivity contribution in [3.63, 3.8) is 0 Å². The van der Waals surface area contributed by atoms with Gasteiger partial charge in [0.05, 0.1) is 11.0 Å². The van der Waals surface area contributed by atoms with Crippen molar-refractivity contribution in [2.24, 2.45) is 0 Å². The Hall–Kier alpha value is -3.03. The molecule has 27 heavy (non-hydrogen) atoms. The lowest BCUT2D eigenvalue weighted by molar-refractivity contribution is -0.146. The maximum atomic E-state index is 13.2. The molecule has 0 aliphatic carbocycles. The summed E-state index contributed by atoms with van der Waals surface area (Å²) in [6, 6.07) is 11.4. The summed E-state index contributed by atoms with van der Waals surface area (Å²) >= 11 is 0. The predicted molar refractivity (Wildman–Crippen MR) is 97.7 cm³/mol. The molecule has 1 aromatic heterocycles. The van der Waals surface area contributed by atoms with E-state index in [1.165, 1.54) is 6.07 Å². The number of fused-ring (bicyclic) bond motifs is 1. The average Bonchev–Trinajstić information content (AvgIpc) is 2.97. The van der Waals surface area contributed by atoms with Gasteiger partial charge in [0.15, 0.2) is 0 Å². The van der Waals surface area contributed by atoms with Gasteiger partial charge in [0.25, 0.3) is 0 Å². The number of nitrogens with one attached hydrogen (secondary N) is 2. The van der Waals surface area contributed by atoms with Gasteiger partial charge in [0.1, 0.15) is 0 Å². The maximum absolute atomic E-state index is 13.2. The van der Waals surface area contributed by atoms with Gasteiger partial charge in [-0.25, -0.2) is 9.78 Å². The minimum atomic E-state index is -4.57. The molecule has 2 N–H and O–H groups in total. The molecule has 0 aliphatic heterocycles. The van der Waals surface area contributed by atoms with Crippen LogP contribution >= 0.6 is 0 Å². The molecule has 5 nitrogen and oxygen atoms in total. The van der Waals surface area contributed by atoms with Crippen LogP contribution in [-0.4, -0.2) is 22.1 Å². The van der Waals surface area contributed by atoms with E-state index in [4.69, 9.17) is 0 Å². The molecule has 0 radical (unpaired) electrons. The highest BCUT2D eigenvalue weighted by atomic mass is 19.4. The largest absolute Gasteiger partial charge is 0.449 e. The van der Waals surface area contributed by atoms with Crippen LogP contribution in [-0.2, 0) is 12.7 Å². The van der Waals surface area contributed by atoms with Gasteiger partial charge < -0.3 is 15.2 Å². The summed E-state index contributed by atoms with van der Waals surface area (Å²) in [4.78, 5) is 15.7. The Morgan fingerprint density at radius 1 is 1.11 bits per heavy atom. The first-order valence-electron chi connectivity index (χ1n) is 8.40. The first-order chi connectivity index (χ1) is 12.8. The van der Waals surface area contributed by atoms with Crippen molar-refractivity contribution in [2.75, 3.05) is 11.9 Å². The fourth-order valence-corrected chi connectivity index (χ4v) is 2.79. The number of imidazole rings is 1. The van der Waals surface area contributed by atoms with E-state index < -0.39 is 18.0 Å². The second-order valence-electron chi connectivity index (χ2n) is 6.25. The topological polar surface area (TPSA) is 59.0 Å². The standard InChI is InChI=1S/C19H19F3N4O/c1-12-7-8-14(11-13(12)2)24-18(27)23-9-10-26-16-6-4-3-5-15(16)25-17(26)19(20,21)22/h3-8,11H,9-10H2,1-2H3,(H2,23,24,27). The number of aromatic nitrogens is 2. The molecule has 142 valence electrons. The Kier molecular flexibility index (Phi) is 5.07. The second kappa shape index (κ2) is 7.30. The van der Waals surface area contributed by atoms with Crippen LogP contribution in [0.1, 0.15) is 17.0 Å². The Morgan fingerprint density at radius 2 is 1.85 bits per heavy atom. The molecule has 0 spiro atoms. The minimum Gasteiger partial charge on any atom is -0.336 e. The molecule has 0 atom stereocenters. The smallest absolute Gasteiger partial charge is 0.336 e. The summed E-state index contributed by atoms with van der Waals surface area (Å²) < 4.78 is 40.8. The molecule has 2 amide bonds. The van der Waals surface area contributed by atoms with E-state index in [0.29, 0.717) is 11.2 Å². The van der Waals surface area contributed by atoms with Gasteiger partial charge in [-0.3, -0.25) is 0 Å². The molecule has 1 heterocycles. The van der Waals surface area contributed by atoms with E-state index in [1.54, 1.807) is 24.3 Å². The van der Waals surface area contributed by atoms with Crippen molar-refractivity contribution in [2.45, 2.75) is 26.6 Å². The molecular weight excluding hydrogens is 357 g/mol. The van der Waals surface area contributed by atoms with E-state index in [9.17, 15) is 18.0 Å². The van der Waals surface area contributed by atoms with Crippen LogP contribution in [0.4, 0.5) is 23.7 Å². The maximum Gasteiger partial charge on any atom is 0.449 e. The molecule has 0 unspecified atom stereocenters. The molecule has 2 aromatic carbocycles. The summed E-state index contributed by atoms with van der Waals surface area (Å²) in [5, 5.41) is 5.26. The number of hydrogen-bond acceptors (Lipinski definition) is 2. The van der Waals surface area contributed by atoms with Gasteiger partial charge >= 0.3 is 12.2 Å². The number of nitrogens with zero attached hydrogens (tertiary/aromatic N) is 2. The second-order valence-corrected chi connectivity index (χ2v) is 6.25. The number of carbonyl (C=O) groups is 1. The van der Waals surface area contributed by atoms with E-state index in [2.05, 4.69) is 15.6 Å². The number of aryl methyl sites for hydroxylation is 2. The number of para-hydroxylation sites is 2. The highest BCUT2D eigenvalue weighted by Gasteiger charge is 2.37. The molecule has 3 rings (SSSR count). The van der Waals surface area contributed by atoms with Crippen molar-refractivity contribution in [3.8, 4) is 0 Å². The van der Waals surface area contributed by atoms with Crippen LogP contribution in [0.15, 0.2) is 42.5 Å². The highest BCUT2D eigenvalue weighted by Crippen LogP contribution is 2.31. The lowest BCUT2D eigenvalue weighted by Crippen LogP contribution is -2.32. The number of amides is 2. The Bertz CT molecular complexity index is 979. The third-order valence-electron chi connectivity index (χ3n) is 4.29. The SMILES string of the molecule is Cc1ccc(NC(=O)NCCn2c(C(F)(F)F)nc3ccccc32)cc1C. The Labute approximate surface area is 154 Å². The number of benzene rings is 2. The fourth-order valence-electron chi connectivity index (χ4n) is 2.79. The Morgan fingerprint density at radius 3 is 2.56 bits per heavy atom. The van der Waals surface area contributed by atoms with E-state index >= 15 is 0 Å². The van der Waals surface area contributed by atoms with Crippen LogP contribution in [0.3, 0.4) is 0 Å². The van der Waals surface area contributed by atoms with Gasteiger partial charge in [0.2, 0.25) is 5.82 Å². The lowest BCUT2D eigenvalue weighted by atomic mass is 10.1. The fraction of sp³-hybridized carbons (Fsp3) is 0.263. The summed E-state index contributed by atoms with van der Waals surface area (Å²) in [7, 11) is 0. The van der Waals surface area contributed by atoms with Gasteiger partial charge in [-0.1, -0.05) is 18.2 Å². The van der Waals surface area contributed by atoms with Gasteiger partial charge in [-0.05, 0) is 49.2 Å². The lowest BCUT2D eigenvalue weighted by Gasteiger charge is -2.13. The molecule has 3 aromatic rings. The number of anilines is 1. The summed E-state index contributed by atoms with van der Waals surface area (Å²) in [5.41, 5.74) is 3.41. The monoisotopic (exact) mass is 376 g/mol. The third kappa shape index (κ3) is 4.21. The molecule has 0 fully saturated rings.